The van der Waals surface area contributed by atoms with E-state index in [2.05, 4.69) is 0 Å². The molecule has 1 aliphatic heterocycles. The van der Waals surface area contributed by atoms with Crippen molar-refractivity contribution in [3.63, 3.8) is 0 Å². The number of hydrogen-bond donors (Lipinski definition) is 0. The Labute approximate surface area is 203 Å². The zero-order valence-corrected chi connectivity index (χ0v) is 20.0. The Hall–Kier alpha value is -4.33. The molecule has 0 radical (unpaired) electrons. The lowest BCUT2D eigenvalue weighted by Crippen LogP contribution is -2.30. The van der Waals surface area contributed by atoms with Crippen LogP contribution in [0.25, 0.3) is 0 Å². The van der Waals surface area contributed by atoms with Crippen LogP contribution in [-0.2, 0) is 6.54 Å². The monoisotopic (exact) mass is 474 g/mol. The molecular formula is C27H26N2O6. The summed E-state index contributed by atoms with van der Waals surface area (Å²) >= 11 is 0. The second-order valence-corrected chi connectivity index (χ2v) is 7.91. The maximum Gasteiger partial charge on any atom is 0.261 e. The van der Waals surface area contributed by atoms with Crippen LogP contribution in [0.2, 0.25) is 0 Å². The number of rotatable bonds is 8. The molecule has 3 aromatic carbocycles. The summed E-state index contributed by atoms with van der Waals surface area (Å²) < 4.78 is 16.3. The van der Waals surface area contributed by atoms with Gasteiger partial charge in [0.2, 0.25) is 0 Å². The molecule has 1 aliphatic rings. The van der Waals surface area contributed by atoms with Crippen molar-refractivity contribution in [3.05, 3.63) is 82.9 Å². The molecule has 8 nitrogen and oxygen atoms in total. The average molecular weight is 475 g/mol. The van der Waals surface area contributed by atoms with E-state index >= 15 is 0 Å². The molecule has 0 saturated heterocycles. The van der Waals surface area contributed by atoms with Gasteiger partial charge in [-0.3, -0.25) is 19.3 Å². The number of fused-ring (bicyclic) bond motifs is 1. The van der Waals surface area contributed by atoms with E-state index in [1.807, 2.05) is 6.92 Å². The third kappa shape index (κ3) is 4.42. The maximum atomic E-state index is 13.5. The van der Waals surface area contributed by atoms with E-state index in [0.29, 0.717) is 51.8 Å². The van der Waals surface area contributed by atoms with Gasteiger partial charge in [0.25, 0.3) is 17.7 Å². The zero-order valence-electron chi connectivity index (χ0n) is 20.0. The average Bonchev–Trinajstić information content (AvgIpc) is 3.13. The molecule has 0 bridgehead atoms. The highest BCUT2D eigenvalue weighted by Gasteiger charge is 2.35. The zero-order chi connectivity index (χ0) is 25.1. The highest BCUT2D eigenvalue weighted by Crippen LogP contribution is 2.33. The molecule has 4 rings (SSSR count). The predicted octanol–water partition coefficient (Wildman–Crippen LogP) is 4.18. The van der Waals surface area contributed by atoms with Gasteiger partial charge in [-0.25, -0.2) is 0 Å². The molecule has 0 aromatic heterocycles. The van der Waals surface area contributed by atoms with E-state index in [9.17, 15) is 14.4 Å². The number of carbonyl (C=O) groups excluding carboxylic acids is 3. The number of imide groups is 1. The molecule has 0 aliphatic carbocycles. The first kappa shape index (κ1) is 23.8. The Morgan fingerprint density at radius 3 is 2.09 bits per heavy atom. The van der Waals surface area contributed by atoms with E-state index in [4.69, 9.17) is 14.2 Å². The quantitative estimate of drug-likeness (QED) is 0.456. The predicted molar refractivity (Wildman–Crippen MR) is 131 cm³/mol. The van der Waals surface area contributed by atoms with E-state index in [0.717, 1.165) is 0 Å². The van der Waals surface area contributed by atoms with Crippen molar-refractivity contribution in [2.45, 2.75) is 13.5 Å². The van der Waals surface area contributed by atoms with Crippen LogP contribution < -0.4 is 19.1 Å². The van der Waals surface area contributed by atoms with Crippen molar-refractivity contribution >= 4 is 23.4 Å². The second-order valence-electron chi connectivity index (χ2n) is 7.91. The molecule has 3 aromatic rings. The molecule has 0 fully saturated rings. The molecule has 35 heavy (non-hydrogen) atoms. The molecule has 0 atom stereocenters. The normalized spacial score (nSPS) is 12.4. The van der Waals surface area contributed by atoms with E-state index < -0.39 is 0 Å². The fourth-order valence-electron chi connectivity index (χ4n) is 4.02. The Balaban J connectivity index is 1.64. The van der Waals surface area contributed by atoms with E-state index in [1.54, 1.807) is 74.8 Å². The number of carbonyl (C=O) groups is 3. The van der Waals surface area contributed by atoms with Crippen LogP contribution >= 0.6 is 0 Å². The minimum atomic E-state index is -0.352. The van der Waals surface area contributed by atoms with Crippen LogP contribution in [0.4, 0.5) is 5.69 Å². The van der Waals surface area contributed by atoms with Gasteiger partial charge < -0.3 is 19.1 Å². The summed E-state index contributed by atoms with van der Waals surface area (Å²) in [6, 6.07) is 17.0. The summed E-state index contributed by atoms with van der Waals surface area (Å²) in [6.45, 7) is 2.25. The largest absolute Gasteiger partial charge is 0.493 e. The highest BCUT2D eigenvalue weighted by atomic mass is 16.5. The van der Waals surface area contributed by atoms with Gasteiger partial charge in [0, 0.05) is 18.8 Å². The Morgan fingerprint density at radius 1 is 0.857 bits per heavy atom. The van der Waals surface area contributed by atoms with Crippen molar-refractivity contribution in [3.8, 4) is 17.2 Å². The lowest BCUT2D eigenvalue weighted by molar-refractivity contribution is 0.0642. The summed E-state index contributed by atoms with van der Waals surface area (Å²) in [5.41, 5.74) is 2.31. The van der Waals surface area contributed by atoms with Crippen molar-refractivity contribution in [1.82, 2.24) is 4.90 Å². The summed E-state index contributed by atoms with van der Waals surface area (Å²) in [5, 5.41) is 0. The maximum absolute atomic E-state index is 13.5. The molecule has 0 saturated carbocycles. The third-order valence-electron chi connectivity index (χ3n) is 5.85. The van der Waals surface area contributed by atoms with Crippen LogP contribution in [0.5, 0.6) is 17.2 Å². The molecule has 1 heterocycles. The third-order valence-corrected chi connectivity index (χ3v) is 5.85. The van der Waals surface area contributed by atoms with E-state index in [1.165, 1.54) is 16.9 Å². The Bertz CT molecular complexity index is 1270. The van der Waals surface area contributed by atoms with Crippen LogP contribution in [0.3, 0.4) is 0 Å². The number of hydrogen-bond acceptors (Lipinski definition) is 6. The number of methoxy groups -OCH3 is 2. The van der Waals surface area contributed by atoms with Gasteiger partial charge in [0.05, 0.1) is 44.1 Å². The summed E-state index contributed by atoms with van der Waals surface area (Å²) in [6.07, 6.45) is 0. The molecule has 8 heteroatoms. The molecule has 3 amide bonds. The van der Waals surface area contributed by atoms with Crippen molar-refractivity contribution in [1.29, 1.82) is 0 Å². The van der Waals surface area contributed by atoms with Crippen LogP contribution in [0.1, 0.15) is 43.6 Å². The molecular weight excluding hydrogens is 448 g/mol. The molecule has 180 valence electrons. The van der Waals surface area contributed by atoms with Crippen LogP contribution in [0, 0.1) is 0 Å². The molecule has 0 N–H and O–H groups in total. The van der Waals surface area contributed by atoms with Crippen LogP contribution in [0.15, 0.2) is 60.7 Å². The van der Waals surface area contributed by atoms with Gasteiger partial charge in [-0.2, -0.15) is 0 Å². The first-order valence-corrected chi connectivity index (χ1v) is 11.1. The van der Waals surface area contributed by atoms with Gasteiger partial charge in [-0.15, -0.1) is 0 Å². The van der Waals surface area contributed by atoms with Crippen molar-refractivity contribution in [2.24, 2.45) is 0 Å². The Morgan fingerprint density at radius 2 is 1.49 bits per heavy atom. The van der Waals surface area contributed by atoms with Gasteiger partial charge in [0.15, 0.2) is 11.5 Å². The smallest absolute Gasteiger partial charge is 0.261 e. The van der Waals surface area contributed by atoms with Crippen molar-refractivity contribution in [2.75, 3.05) is 32.8 Å². The van der Waals surface area contributed by atoms with Gasteiger partial charge in [-0.1, -0.05) is 18.2 Å². The first-order chi connectivity index (χ1) is 16.9. The number of amides is 3. The SMILES string of the molecule is CCOc1ccc(CN2C(=O)c3ccccc3C2=O)cc1C(=O)N(C)c1ccc(OC)c(OC)c1. The molecule has 0 unspecified atom stereocenters. The summed E-state index contributed by atoms with van der Waals surface area (Å²) in [7, 11) is 4.72. The Kier molecular flexibility index (Phi) is 6.73. The standard InChI is InChI=1S/C27H26N2O6/c1-5-35-22-12-10-17(16-29-26(31)19-8-6-7-9-20(19)27(29)32)14-21(22)25(30)28(2)18-11-13-23(33-3)24(15-18)34-4/h6-15H,5,16H2,1-4H3. The minimum absolute atomic E-state index is 0.0408. The lowest BCUT2D eigenvalue weighted by atomic mass is 10.1. The second kappa shape index (κ2) is 9.89. The first-order valence-electron chi connectivity index (χ1n) is 11.1. The fraction of sp³-hybridized carbons (Fsp3) is 0.222. The van der Waals surface area contributed by atoms with E-state index in [-0.39, 0.29) is 24.3 Å². The number of anilines is 1. The fourth-order valence-corrected chi connectivity index (χ4v) is 4.02. The summed E-state index contributed by atoms with van der Waals surface area (Å²) in [5.74, 6) is 0.439. The van der Waals surface area contributed by atoms with Gasteiger partial charge in [-0.05, 0) is 48.9 Å². The molecule has 0 spiro atoms. The van der Waals surface area contributed by atoms with Crippen LogP contribution in [-0.4, -0.2) is 50.5 Å². The number of ether oxygens (including phenoxy) is 3. The van der Waals surface area contributed by atoms with Gasteiger partial charge >= 0.3 is 0 Å². The topological polar surface area (TPSA) is 85.4 Å². The number of nitrogens with zero attached hydrogens (tertiary/aromatic N) is 2. The highest BCUT2D eigenvalue weighted by molar-refractivity contribution is 6.21. The van der Waals surface area contributed by atoms with Crippen molar-refractivity contribution < 1.29 is 28.6 Å². The minimum Gasteiger partial charge on any atom is -0.493 e. The summed E-state index contributed by atoms with van der Waals surface area (Å²) in [4.78, 5) is 41.8. The number of benzene rings is 3. The lowest BCUT2D eigenvalue weighted by Gasteiger charge is -2.21. The van der Waals surface area contributed by atoms with Gasteiger partial charge in [0.1, 0.15) is 5.75 Å².